The van der Waals surface area contributed by atoms with Gasteiger partial charge in [-0.3, -0.25) is 0 Å². The maximum atomic E-state index is 12.2. The molecule has 13 heavy (non-hydrogen) atoms. The predicted molar refractivity (Wildman–Crippen MR) is 42.1 cm³/mol. The molecule has 80 valence electrons. The topological polar surface area (TPSA) is 38.0 Å². The van der Waals surface area contributed by atoms with Crippen molar-refractivity contribution in [2.75, 3.05) is 19.6 Å². The molecule has 0 saturated heterocycles. The van der Waals surface area contributed by atoms with Crippen LogP contribution in [0.3, 0.4) is 0 Å². The molecule has 0 saturated carbocycles. The highest BCUT2D eigenvalue weighted by Crippen LogP contribution is 2.21. The number of hydrogen-bond donors (Lipinski definition) is 2. The Bertz CT molecular complexity index is 130. The van der Waals surface area contributed by atoms with E-state index in [1.807, 2.05) is 0 Å². The van der Waals surface area contributed by atoms with Crippen LogP contribution in [0, 0.1) is 0 Å². The van der Waals surface area contributed by atoms with Gasteiger partial charge in [0.05, 0.1) is 6.54 Å². The molecule has 0 fully saturated rings. The van der Waals surface area contributed by atoms with E-state index in [0.717, 1.165) is 0 Å². The third-order valence-electron chi connectivity index (χ3n) is 1.49. The van der Waals surface area contributed by atoms with E-state index in [0.29, 0.717) is 25.9 Å². The van der Waals surface area contributed by atoms with Gasteiger partial charge in [0.2, 0.25) is 0 Å². The molecule has 0 aromatic rings. The summed E-state index contributed by atoms with van der Waals surface area (Å²) in [6, 6.07) is 0. The van der Waals surface area contributed by atoms with Crippen molar-refractivity contribution in [2.45, 2.75) is 25.2 Å². The van der Waals surface area contributed by atoms with Crippen molar-refractivity contribution in [3.05, 3.63) is 0 Å². The van der Waals surface area contributed by atoms with Crippen LogP contribution in [0.5, 0.6) is 0 Å². The fraction of sp³-hybridized carbons (Fsp3) is 1.00. The molecule has 0 amide bonds. The lowest BCUT2D eigenvalue weighted by Gasteiger charge is -2.15. The van der Waals surface area contributed by atoms with E-state index < -0.39 is 18.9 Å². The highest BCUT2D eigenvalue weighted by molar-refractivity contribution is 4.71. The Balaban J connectivity index is 3.41. The summed E-state index contributed by atoms with van der Waals surface area (Å²) < 4.78 is 47.6. The zero-order chi connectivity index (χ0) is 10.3. The summed E-state index contributed by atoms with van der Waals surface area (Å²) in [5.74, 6) is -3.93. The van der Waals surface area contributed by atoms with Gasteiger partial charge in [-0.2, -0.15) is 8.78 Å². The van der Waals surface area contributed by atoms with E-state index in [2.05, 4.69) is 5.32 Å². The molecular weight excluding hydrogens is 188 g/mol. The second-order valence-electron chi connectivity index (χ2n) is 2.73. The van der Waals surface area contributed by atoms with Crippen LogP contribution in [-0.2, 0) is 0 Å². The molecule has 0 heterocycles. The zero-order valence-corrected chi connectivity index (χ0v) is 7.20. The molecule has 0 unspecified atom stereocenters. The molecule has 0 rings (SSSR count). The number of halogens is 4. The first-order valence-corrected chi connectivity index (χ1v) is 4.07. The summed E-state index contributed by atoms with van der Waals surface area (Å²) in [5, 5.41) is 2.26. The smallest absolute Gasteiger partial charge is 0.319 e. The minimum absolute atomic E-state index is 0.291. The van der Waals surface area contributed by atoms with Gasteiger partial charge < -0.3 is 11.1 Å². The minimum Gasteiger partial charge on any atom is -0.330 e. The van der Waals surface area contributed by atoms with Crippen molar-refractivity contribution in [3.63, 3.8) is 0 Å². The van der Waals surface area contributed by atoms with Crippen LogP contribution in [0.4, 0.5) is 17.6 Å². The second-order valence-corrected chi connectivity index (χ2v) is 2.73. The lowest BCUT2D eigenvalue weighted by atomic mass is 10.3. The molecule has 6 heteroatoms. The van der Waals surface area contributed by atoms with Gasteiger partial charge in [0.1, 0.15) is 0 Å². The second kappa shape index (κ2) is 6.15. The van der Waals surface area contributed by atoms with E-state index in [1.165, 1.54) is 0 Å². The number of nitrogens with two attached hydrogens (primary N) is 1. The fourth-order valence-electron chi connectivity index (χ4n) is 0.727. The van der Waals surface area contributed by atoms with Gasteiger partial charge >= 0.3 is 12.3 Å². The Kier molecular flexibility index (Phi) is 5.98. The van der Waals surface area contributed by atoms with Crippen LogP contribution in [0.25, 0.3) is 0 Å². The van der Waals surface area contributed by atoms with Gasteiger partial charge in [0, 0.05) is 0 Å². The molecule has 0 spiro atoms. The van der Waals surface area contributed by atoms with Crippen LogP contribution in [0.15, 0.2) is 0 Å². The first-order valence-electron chi connectivity index (χ1n) is 4.07. The molecule has 0 radical (unpaired) electrons. The van der Waals surface area contributed by atoms with E-state index in [-0.39, 0.29) is 0 Å². The van der Waals surface area contributed by atoms with Crippen molar-refractivity contribution in [1.29, 1.82) is 0 Å². The van der Waals surface area contributed by atoms with Crippen LogP contribution in [0.2, 0.25) is 0 Å². The van der Waals surface area contributed by atoms with Crippen molar-refractivity contribution in [3.8, 4) is 0 Å². The molecule has 0 aromatic heterocycles. The summed E-state index contributed by atoms with van der Waals surface area (Å²) in [7, 11) is 0. The van der Waals surface area contributed by atoms with Gasteiger partial charge in [-0.05, 0) is 25.9 Å². The number of hydrogen-bond acceptors (Lipinski definition) is 2. The van der Waals surface area contributed by atoms with E-state index in [1.54, 1.807) is 0 Å². The predicted octanol–water partition coefficient (Wildman–Crippen LogP) is 1.22. The molecule has 3 N–H and O–H groups in total. The highest BCUT2D eigenvalue weighted by Gasteiger charge is 2.39. The third-order valence-corrected chi connectivity index (χ3v) is 1.49. The Morgan fingerprint density at radius 1 is 1.23 bits per heavy atom. The summed E-state index contributed by atoms with van der Waals surface area (Å²) in [4.78, 5) is 0. The summed E-state index contributed by atoms with van der Waals surface area (Å²) >= 11 is 0. The molecule has 2 nitrogen and oxygen atoms in total. The van der Waals surface area contributed by atoms with Crippen molar-refractivity contribution < 1.29 is 17.6 Å². The maximum absolute atomic E-state index is 12.2. The third kappa shape index (κ3) is 5.81. The van der Waals surface area contributed by atoms with E-state index >= 15 is 0 Å². The van der Waals surface area contributed by atoms with Gasteiger partial charge in [0.25, 0.3) is 0 Å². The first kappa shape index (κ1) is 12.6. The summed E-state index contributed by atoms with van der Waals surface area (Å²) in [6.45, 7) is -0.207. The summed E-state index contributed by atoms with van der Waals surface area (Å²) in [5.41, 5.74) is 5.15. The van der Waals surface area contributed by atoms with Crippen molar-refractivity contribution in [1.82, 2.24) is 5.32 Å². The highest BCUT2D eigenvalue weighted by atomic mass is 19.3. The number of alkyl halides is 4. The summed E-state index contributed by atoms with van der Waals surface area (Å²) in [6.07, 6.45) is -2.28. The molecule has 0 atom stereocenters. The Hall–Kier alpha value is -0.360. The molecule has 0 bridgehead atoms. The quantitative estimate of drug-likeness (QED) is 0.481. The average Bonchev–Trinajstić information content (AvgIpc) is 2.03. The number of unbranched alkanes of at least 4 members (excludes halogenated alkanes) is 1. The normalized spacial score (nSPS) is 12.5. The minimum atomic E-state index is -3.93. The number of rotatable bonds is 7. The fourth-order valence-corrected chi connectivity index (χ4v) is 0.727. The maximum Gasteiger partial charge on any atom is 0.319 e. The van der Waals surface area contributed by atoms with Gasteiger partial charge in [-0.1, -0.05) is 0 Å². The standard InChI is InChI=1S/C7H14F4N2/c8-6(9)7(10,11)5-13-4-2-1-3-12/h6,13H,1-5,12H2. The average molecular weight is 202 g/mol. The van der Waals surface area contributed by atoms with Crippen LogP contribution >= 0.6 is 0 Å². The molecular formula is C7H14F4N2. The molecule has 0 aliphatic carbocycles. The lowest BCUT2D eigenvalue weighted by Crippen LogP contribution is -2.39. The van der Waals surface area contributed by atoms with Crippen LogP contribution in [0.1, 0.15) is 12.8 Å². The van der Waals surface area contributed by atoms with E-state index in [4.69, 9.17) is 5.73 Å². The molecule has 0 aromatic carbocycles. The Labute approximate surface area is 74.5 Å². The lowest BCUT2D eigenvalue weighted by molar-refractivity contribution is -0.125. The van der Waals surface area contributed by atoms with E-state index in [9.17, 15) is 17.6 Å². The Morgan fingerprint density at radius 3 is 2.31 bits per heavy atom. The van der Waals surface area contributed by atoms with Crippen molar-refractivity contribution >= 4 is 0 Å². The van der Waals surface area contributed by atoms with Crippen LogP contribution < -0.4 is 11.1 Å². The zero-order valence-electron chi connectivity index (χ0n) is 7.20. The van der Waals surface area contributed by atoms with Gasteiger partial charge in [0.15, 0.2) is 0 Å². The monoisotopic (exact) mass is 202 g/mol. The largest absolute Gasteiger partial charge is 0.330 e. The SMILES string of the molecule is NCCCCNCC(F)(F)C(F)F. The molecule has 0 aliphatic rings. The molecule has 0 aliphatic heterocycles. The number of nitrogens with one attached hydrogen (secondary N) is 1. The first-order chi connectivity index (χ1) is 6.00. The van der Waals surface area contributed by atoms with Crippen LogP contribution in [-0.4, -0.2) is 32.0 Å². The van der Waals surface area contributed by atoms with Crippen molar-refractivity contribution in [2.24, 2.45) is 5.73 Å². The Morgan fingerprint density at radius 2 is 1.85 bits per heavy atom. The van der Waals surface area contributed by atoms with Gasteiger partial charge in [-0.25, -0.2) is 8.78 Å². The van der Waals surface area contributed by atoms with Gasteiger partial charge in [-0.15, -0.1) is 0 Å².